The molecule has 4 heteroatoms. The zero-order chi connectivity index (χ0) is 13.4. The first-order valence-electron chi connectivity index (χ1n) is 6.58. The Morgan fingerprint density at radius 2 is 2.11 bits per heavy atom. The molecule has 0 atom stereocenters. The van der Waals surface area contributed by atoms with Crippen LogP contribution in [0.5, 0.6) is 5.88 Å². The molecule has 0 saturated carbocycles. The van der Waals surface area contributed by atoms with Gasteiger partial charge in [0.2, 0.25) is 5.88 Å². The van der Waals surface area contributed by atoms with Gasteiger partial charge < -0.3 is 15.0 Å². The second-order valence-electron chi connectivity index (χ2n) is 4.68. The van der Waals surface area contributed by atoms with E-state index in [0.717, 1.165) is 44.2 Å². The molecule has 0 fully saturated rings. The van der Waals surface area contributed by atoms with Crippen LogP contribution in [0.3, 0.4) is 0 Å². The number of ether oxygens (including phenoxy) is 1. The summed E-state index contributed by atoms with van der Waals surface area (Å²) in [5, 5.41) is 3.30. The summed E-state index contributed by atoms with van der Waals surface area (Å²) in [7, 11) is 4.13. The van der Waals surface area contributed by atoms with Crippen molar-refractivity contribution in [3.8, 4) is 5.88 Å². The van der Waals surface area contributed by atoms with E-state index >= 15 is 0 Å². The molecular formula is C14H25N3O. The Labute approximate surface area is 110 Å². The molecular weight excluding hydrogens is 226 g/mol. The molecule has 1 aromatic rings. The average Bonchev–Trinajstić information content (AvgIpc) is 2.33. The van der Waals surface area contributed by atoms with Gasteiger partial charge in [0.15, 0.2) is 0 Å². The summed E-state index contributed by atoms with van der Waals surface area (Å²) in [4.78, 5) is 6.62. The van der Waals surface area contributed by atoms with Crippen LogP contribution in [0.15, 0.2) is 12.1 Å². The molecule has 0 radical (unpaired) electrons. The summed E-state index contributed by atoms with van der Waals surface area (Å²) in [5.74, 6) is 0.728. The second kappa shape index (κ2) is 8.06. The number of aromatic nitrogens is 1. The molecule has 0 amide bonds. The normalized spacial score (nSPS) is 10.9. The van der Waals surface area contributed by atoms with Crippen molar-refractivity contribution < 1.29 is 4.74 Å². The summed E-state index contributed by atoms with van der Waals surface area (Å²) >= 11 is 0. The lowest BCUT2D eigenvalue weighted by atomic mass is 10.2. The van der Waals surface area contributed by atoms with Crippen molar-refractivity contribution in [3.05, 3.63) is 23.4 Å². The van der Waals surface area contributed by atoms with Crippen LogP contribution in [0.1, 0.15) is 24.6 Å². The van der Waals surface area contributed by atoms with Gasteiger partial charge in [-0.1, -0.05) is 13.0 Å². The average molecular weight is 251 g/mol. The van der Waals surface area contributed by atoms with E-state index in [1.54, 1.807) is 0 Å². The number of nitrogens with one attached hydrogen (secondary N) is 1. The maximum Gasteiger partial charge on any atom is 0.213 e. The molecule has 1 rings (SSSR count). The zero-order valence-electron chi connectivity index (χ0n) is 12.0. The van der Waals surface area contributed by atoms with Crippen molar-refractivity contribution in [1.29, 1.82) is 0 Å². The number of pyridine rings is 1. The third-order valence-corrected chi connectivity index (χ3v) is 2.73. The number of nitrogens with zero attached hydrogens (tertiary/aromatic N) is 2. The van der Waals surface area contributed by atoms with Crippen LogP contribution in [0.25, 0.3) is 0 Å². The molecule has 0 bridgehead atoms. The fourth-order valence-corrected chi connectivity index (χ4v) is 1.65. The van der Waals surface area contributed by atoms with Crippen LogP contribution in [-0.4, -0.2) is 43.7 Å². The predicted molar refractivity (Wildman–Crippen MR) is 75.0 cm³/mol. The lowest BCUT2D eigenvalue weighted by Gasteiger charge is -2.11. The van der Waals surface area contributed by atoms with Crippen LogP contribution in [0.4, 0.5) is 0 Å². The minimum atomic E-state index is 0.719. The van der Waals surface area contributed by atoms with Crippen molar-refractivity contribution in [3.63, 3.8) is 0 Å². The molecule has 1 aromatic heterocycles. The van der Waals surface area contributed by atoms with Gasteiger partial charge in [0.05, 0.1) is 6.61 Å². The molecule has 102 valence electrons. The fourth-order valence-electron chi connectivity index (χ4n) is 1.65. The molecule has 0 aromatic carbocycles. The van der Waals surface area contributed by atoms with E-state index in [-0.39, 0.29) is 0 Å². The van der Waals surface area contributed by atoms with E-state index in [0.29, 0.717) is 0 Å². The van der Waals surface area contributed by atoms with E-state index in [2.05, 4.69) is 42.3 Å². The van der Waals surface area contributed by atoms with E-state index in [1.165, 1.54) is 5.56 Å². The number of rotatable bonds is 8. The van der Waals surface area contributed by atoms with Crippen molar-refractivity contribution >= 4 is 0 Å². The van der Waals surface area contributed by atoms with Crippen molar-refractivity contribution in [2.75, 3.05) is 33.8 Å². The van der Waals surface area contributed by atoms with Gasteiger partial charge in [-0.2, -0.15) is 0 Å². The van der Waals surface area contributed by atoms with Gasteiger partial charge in [-0.3, -0.25) is 0 Å². The van der Waals surface area contributed by atoms with Crippen molar-refractivity contribution in [2.45, 2.75) is 26.8 Å². The van der Waals surface area contributed by atoms with Gasteiger partial charge in [-0.15, -0.1) is 0 Å². The fraction of sp³-hybridized carbons (Fsp3) is 0.643. The highest BCUT2D eigenvalue weighted by atomic mass is 16.5. The monoisotopic (exact) mass is 251 g/mol. The summed E-state index contributed by atoms with van der Waals surface area (Å²) in [6, 6.07) is 4.04. The predicted octanol–water partition coefficient (Wildman–Crippen LogP) is 1.83. The van der Waals surface area contributed by atoms with Crippen LogP contribution >= 0.6 is 0 Å². The summed E-state index contributed by atoms with van der Waals surface area (Å²) < 4.78 is 5.64. The Hall–Kier alpha value is -1.13. The van der Waals surface area contributed by atoms with Crippen molar-refractivity contribution in [1.82, 2.24) is 15.2 Å². The third kappa shape index (κ3) is 5.47. The van der Waals surface area contributed by atoms with Gasteiger partial charge >= 0.3 is 0 Å². The summed E-state index contributed by atoms with van der Waals surface area (Å²) in [5.41, 5.74) is 2.28. The van der Waals surface area contributed by atoms with E-state index in [9.17, 15) is 0 Å². The summed E-state index contributed by atoms with van der Waals surface area (Å²) in [6.07, 6.45) is 1.02. The molecule has 0 spiro atoms. The highest BCUT2D eigenvalue weighted by Crippen LogP contribution is 2.12. The molecule has 0 aliphatic carbocycles. The third-order valence-electron chi connectivity index (χ3n) is 2.73. The molecule has 1 heterocycles. The first-order valence-corrected chi connectivity index (χ1v) is 6.58. The Kier molecular flexibility index (Phi) is 6.68. The minimum absolute atomic E-state index is 0.719. The topological polar surface area (TPSA) is 37.4 Å². The maximum absolute atomic E-state index is 5.64. The zero-order valence-corrected chi connectivity index (χ0v) is 12.0. The van der Waals surface area contributed by atoms with Crippen LogP contribution in [-0.2, 0) is 6.54 Å². The minimum Gasteiger partial charge on any atom is -0.478 e. The first-order chi connectivity index (χ1) is 8.63. The summed E-state index contributed by atoms with van der Waals surface area (Å²) in [6.45, 7) is 7.73. The quantitative estimate of drug-likeness (QED) is 0.715. The van der Waals surface area contributed by atoms with E-state index in [4.69, 9.17) is 4.74 Å². The molecule has 0 unspecified atom stereocenters. The molecule has 0 saturated heterocycles. The largest absolute Gasteiger partial charge is 0.478 e. The van der Waals surface area contributed by atoms with Gasteiger partial charge in [0, 0.05) is 24.8 Å². The number of hydrogen-bond acceptors (Lipinski definition) is 4. The Bertz CT molecular complexity index is 353. The number of hydrogen-bond donors (Lipinski definition) is 1. The highest BCUT2D eigenvalue weighted by molar-refractivity contribution is 5.24. The molecule has 1 N–H and O–H groups in total. The smallest absolute Gasteiger partial charge is 0.213 e. The van der Waals surface area contributed by atoms with Crippen LogP contribution < -0.4 is 10.1 Å². The Morgan fingerprint density at radius 1 is 1.33 bits per heavy atom. The highest BCUT2D eigenvalue weighted by Gasteiger charge is 2.02. The van der Waals surface area contributed by atoms with Gasteiger partial charge in [0.1, 0.15) is 0 Å². The number of aryl methyl sites for hydroxylation is 1. The Balaban J connectivity index is 2.41. The molecule has 18 heavy (non-hydrogen) atoms. The van der Waals surface area contributed by atoms with Gasteiger partial charge in [-0.25, -0.2) is 4.98 Å². The van der Waals surface area contributed by atoms with Crippen LogP contribution in [0.2, 0.25) is 0 Å². The van der Waals surface area contributed by atoms with Crippen molar-refractivity contribution in [2.24, 2.45) is 0 Å². The van der Waals surface area contributed by atoms with Crippen LogP contribution in [0, 0.1) is 6.92 Å². The first kappa shape index (κ1) is 14.9. The Morgan fingerprint density at radius 3 is 2.72 bits per heavy atom. The molecule has 4 nitrogen and oxygen atoms in total. The van der Waals surface area contributed by atoms with E-state index < -0.39 is 0 Å². The van der Waals surface area contributed by atoms with Gasteiger partial charge in [-0.05, 0) is 39.5 Å². The van der Waals surface area contributed by atoms with Gasteiger partial charge in [0.25, 0.3) is 0 Å². The SMILES string of the molecule is CCNCc1ccc(OCCCN(C)C)nc1C. The van der Waals surface area contributed by atoms with E-state index in [1.807, 2.05) is 13.0 Å². The maximum atomic E-state index is 5.64. The lowest BCUT2D eigenvalue weighted by Crippen LogP contribution is -2.16. The molecule has 0 aliphatic rings. The lowest BCUT2D eigenvalue weighted by molar-refractivity contribution is 0.272. The molecule has 0 aliphatic heterocycles. The standard InChI is InChI=1S/C14H25N3O/c1-5-15-11-13-7-8-14(16-12(13)2)18-10-6-9-17(3)4/h7-8,15H,5-6,9-11H2,1-4H3. The second-order valence-corrected chi connectivity index (χ2v) is 4.68.